The number of ether oxygens (including phenoxy) is 2. The molecule has 0 radical (unpaired) electrons. The Balaban J connectivity index is 1.86. The minimum absolute atomic E-state index is 0.0133. The molecule has 6 heteroatoms. The van der Waals surface area contributed by atoms with Crippen molar-refractivity contribution in [1.29, 1.82) is 0 Å². The topological polar surface area (TPSA) is 62.2 Å². The molecule has 1 saturated heterocycles. The summed E-state index contributed by atoms with van der Waals surface area (Å²) in [7, 11) is 5.18. The first kappa shape index (κ1) is 21.3. The van der Waals surface area contributed by atoms with Crippen LogP contribution in [0.4, 0.5) is 0 Å². The van der Waals surface area contributed by atoms with Crippen molar-refractivity contribution in [1.82, 2.24) is 9.80 Å². The van der Waals surface area contributed by atoms with Gasteiger partial charge in [-0.15, -0.1) is 6.58 Å². The number of amides is 1. The van der Waals surface area contributed by atoms with Gasteiger partial charge in [0.05, 0.1) is 13.0 Å². The van der Waals surface area contributed by atoms with E-state index in [4.69, 9.17) is 9.47 Å². The average Bonchev–Trinajstić information content (AvgIpc) is 2.66. The summed E-state index contributed by atoms with van der Waals surface area (Å²) >= 11 is 0. The van der Waals surface area contributed by atoms with Crippen LogP contribution >= 0.6 is 0 Å². The van der Waals surface area contributed by atoms with Crippen molar-refractivity contribution in [3.63, 3.8) is 0 Å². The van der Waals surface area contributed by atoms with Crippen molar-refractivity contribution in [2.24, 2.45) is 5.92 Å². The Morgan fingerprint density at radius 2 is 2.22 bits per heavy atom. The smallest absolute Gasteiger partial charge is 0.226 e. The van der Waals surface area contributed by atoms with Crippen molar-refractivity contribution in [3.05, 3.63) is 36.4 Å². The second kappa shape index (κ2) is 10.3. The summed E-state index contributed by atoms with van der Waals surface area (Å²) in [5.41, 5.74) is 1.10. The molecule has 1 aromatic carbocycles. The molecule has 150 valence electrons. The van der Waals surface area contributed by atoms with Gasteiger partial charge in [0.2, 0.25) is 5.91 Å². The van der Waals surface area contributed by atoms with Gasteiger partial charge in [0.1, 0.15) is 12.7 Å². The molecule has 1 heterocycles. The Kier molecular flexibility index (Phi) is 8.13. The first-order valence-corrected chi connectivity index (χ1v) is 9.46. The van der Waals surface area contributed by atoms with E-state index in [1.54, 1.807) is 26.1 Å². The third-order valence-corrected chi connectivity index (χ3v) is 4.80. The number of nitrogens with zero attached hydrogens (tertiary/aromatic N) is 2. The molecule has 2 rings (SSSR count). The van der Waals surface area contributed by atoms with Crippen LogP contribution in [0.3, 0.4) is 0 Å². The van der Waals surface area contributed by atoms with Gasteiger partial charge in [-0.3, -0.25) is 9.69 Å². The Hall–Kier alpha value is -2.05. The van der Waals surface area contributed by atoms with Gasteiger partial charge in [0.25, 0.3) is 0 Å². The van der Waals surface area contributed by atoms with Crippen LogP contribution in [0, 0.1) is 5.92 Å². The van der Waals surface area contributed by atoms with E-state index in [0.717, 1.165) is 31.4 Å². The van der Waals surface area contributed by atoms with Gasteiger partial charge < -0.3 is 19.5 Å². The third-order valence-electron chi connectivity index (χ3n) is 4.80. The minimum Gasteiger partial charge on any atom is -0.493 e. The number of hydrogen-bond acceptors (Lipinski definition) is 5. The second-order valence-electron chi connectivity index (χ2n) is 7.27. The predicted molar refractivity (Wildman–Crippen MR) is 106 cm³/mol. The number of rotatable bonds is 9. The average molecular weight is 376 g/mol. The molecule has 6 nitrogen and oxygen atoms in total. The fourth-order valence-electron chi connectivity index (χ4n) is 3.45. The Labute approximate surface area is 162 Å². The number of allylic oxidation sites excluding steroid dienone is 1. The zero-order valence-electron chi connectivity index (χ0n) is 16.7. The highest BCUT2D eigenvalue weighted by Crippen LogP contribution is 2.28. The largest absolute Gasteiger partial charge is 0.493 e. The molecule has 1 aromatic rings. The Morgan fingerprint density at radius 1 is 1.44 bits per heavy atom. The lowest BCUT2D eigenvalue weighted by Gasteiger charge is -2.34. The molecular formula is C21H32N2O4. The zero-order valence-corrected chi connectivity index (χ0v) is 16.7. The van der Waals surface area contributed by atoms with Crippen LogP contribution in [0.2, 0.25) is 0 Å². The molecule has 0 saturated carbocycles. The van der Waals surface area contributed by atoms with Crippen LogP contribution < -0.4 is 9.47 Å². The molecule has 0 spiro atoms. The molecule has 2 unspecified atom stereocenters. The lowest BCUT2D eigenvalue weighted by atomic mass is 9.96. The van der Waals surface area contributed by atoms with Crippen molar-refractivity contribution in [3.8, 4) is 11.5 Å². The lowest BCUT2D eigenvalue weighted by Crippen LogP contribution is -2.46. The maximum atomic E-state index is 12.2. The van der Waals surface area contributed by atoms with E-state index in [-0.39, 0.29) is 18.4 Å². The van der Waals surface area contributed by atoms with Crippen molar-refractivity contribution < 1.29 is 19.4 Å². The zero-order chi connectivity index (χ0) is 19.8. The molecule has 1 aliphatic heterocycles. The van der Waals surface area contributed by atoms with Gasteiger partial charge >= 0.3 is 0 Å². The van der Waals surface area contributed by atoms with Crippen LogP contribution in [-0.4, -0.2) is 74.4 Å². The first-order valence-electron chi connectivity index (χ1n) is 9.46. The SMILES string of the molecule is C=CCc1ccc(OCC(O)CN2CCCC(C(=O)N(C)C)C2)c(OC)c1. The summed E-state index contributed by atoms with van der Waals surface area (Å²) in [6, 6.07) is 5.75. The lowest BCUT2D eigenvalue weighted by molar-refractivity contribution is -0.135. The quantitative estimate of drug-likeness (QED) is 0.668. The predicted octanol–water partition coefficient (Wildman–Crippen LogP) is 1.96. The Morgan fingerprint density at radius 3 is 2.89 bits per heavy atom. The number of benzene rings is 1. The summed E-state index contributed by atoms with van der Waals surface area (Å²) < 4.78 is 11.2. The van der Waals surface area contributed by atoms with Gasteiger partial charge in [0.15, 0.2) is 11.5 Å². The molecule has 0 aromatic heterocycles. The molecule has 1 aliphatic rings. The number of piperidine rings is 1. The maximum Gasteiger partial charge on any atom is 0.226 e. The molecule has 1 amide bonds. The Bertz CT molecular complexity index is 633. The van der Waals surface area contributed by atoms with E-state index >= 15 is 0 Å². The highest BCUT2D eigenvalue weighted by Gasteiger charge is 2.27. The van der Waals surface area contributed by atoms with E-state index in [1.807, 2.05) is 24.3 Å². The number of aliphatic hydroxyl groups excluding tert-OH is 1. The van der Waals surface area contributed by atoms with Gasteiger partial charge in [-0.05, 0) is 43.5 Å². The van der Waals surface area contributed by atoms with E-state index in [9.17, 15) is 9.90 Å². The summed E-state index contributed by atoms with van der Waals surface area (Å²) in [6.45, 7) is 6.00. The molecule has 0 bridgehead atoms. The number of likely N-dealkylation sites (tertiary alicyclic amines) is 1. The molecule has 1 fully saturated rings. The van der Waals surface area contributed by atoms with Crippen LogP contribution in [0.15, 0.2) is 30.9 Å². The van der Waals surface area contributed by atoms with Gasteiger partial charge in [0, 0.05) is 27.2 Å². The fraction of sp³-hybridized carbons (Fsp3) is 0.571. The summed E-state index contributed by atoms with van der Waals surface area (Å²) in [4.78, 5) is 16.0. The number of β-amino-alcohol motifs (C(OH)–C–C–N with tert-alkyl or cyclic N) is 1. The van der Waals surface area contributed by atoms with E-state index in [1.165, 1.54) is 0 Å². The highest BCUT2D eigenvalue weighted by atomic mass is 16.5. The first-order chi connectivity index (χ1) is 12.9. The van der Waals surface area contributed by atoms with Crippen LogP contribution in [0.25, 0.3) is 0 Å². The third kappa shape index (κ3) is 6.26. The van der Waals surface area contributed by atoms with Gasteiger partial charge in [-0.1, -0.05) is 12.1 Å². The van der Waals surface area contributed by atoms with E-state index in [2.05, 4.69) is 11.5 Å². The molecule has 2 atom stereocenters. The maximum absolute atomic E-state index is 12.2. The van der Waals surface area contributed by atoms with E-state index in [0.29, 0.717) is 24.6 Å². The normalized spacial score (nSPS) is 18.6. The van der Waals surface area contributed by atoms with Crippen molar-refractivity contribution in [2.75, 3.05) is 47.4 Å². The number of carbonyl (C=O) groups excluding carboxylic acids is 1. The summed E-state index contributed by atoms with van der Waals surface area (Å²) in [5, 5.41) is 10.4. The molecule has 27 heavy (non-hydrogen) atoms. The van der Waals surface area contributed by atoms with Gasteiger partial charge in [-0.25, -0.2) is 0 Å². The monoisotopic (exact) mass is 376 g/mol. The molecular weight excluding hydrogens is 344 g/mol. The number of aliphatic hydroxyl groups is 1. The second-order valence-corrected chi connectivity index (χ2v) is 7.27. The van der Waals surface area contributed by atoms with Crippen molar-refractivity contribution >= 4 is 5.91 Å². The summed E-state index contributed by atoms with van der Waals surface area (Å²) in [6.07, 6.45) is 3.86. The molecule has 0 aliphatic carbocycles. The van der Waals surface area contributed by atoms with Gasteiger partial charge in [-0.2, -0.15) is 0 Å². The van der Waals surface area contributed by atoms with Crippen LogP contribution in [0.5, 0.6) is 11.5 Å². The standard InChI is InChI=1S/C21H32N2O4/c1-5-7-16-9-10-19(20(12-16)26-4)27-15-18(24)14-23-11-6-8-17(13-23)21(25)22(2)3/h5,9-10,12,17-18,24H,1,6-8,11,13-15H2,2-4H3. The molecule has 1 N–H and O–H groups in total. The number of hydrogen-bond donors (Lipinski definition) is 1. The number of carbonyl (C=O) groups is 1. The van der Waals surface area contributed by atoms with E-state index < -0.39 is 6.10 Å². The van der Waals surface area contributed by atoms with Crippen molar-refractivity contribution in [2.45, 2.75) is 25.4 Å². The summed E-state index contributed by atoms with van der Waals surface area (Å²) in [5.74, 6) is 1.44. The van der Waals surface area contributed by atoms with Crippen LogP contribution in [0.1, 0.15) is 18.4 Å². The minimum atomic E-state index is -0.629. The highest BCUT2D eigenvalue weighted by molar-refractivity contribution is 5.78. The fourth-order valence-corrected chi connectivity index (χ4v) is 3.45. The van der Waals surface area contributed by atoms with Crippen LogP contribution in [-0.2, 0) is 11.2 Å². The number of methoxy groups -OCH3 is 1.